The number of carbonyl (C=O) groups excluding carboxylic acids is 1. The summed E-state index contributed by atoms with van der Waals surface area (Å²) in [7, 11) is 0. The van der Waals surface area contributed by atoms with Crippen LogP contribution in [0.4, 0.5) is 0 Å². The third-order valence-electron chi connectivity index (χ3n) is 5.96. The van der Waals surface area contributed by atoms with Crippen molar-refractivity contribution in [2.45, 2.75) is 52.1 Å². The second kappa shape index (κ2) is 6.32. The van der Waals surface area contributed by atoms with Gasteiger partial charge in [0.05, 0.1) is 5.92 Å². The number of aliphatic hydroxyl groups is 1. The Bertz CT molecular complexity index is 461. The summed E-state index contributed by atoms with van der Waals surface area (Å²) in [6.45, 7) is 6.28. The Morgan fingerprint density at radius 2 is 2.32 bits per heavy atom. The van der Waals surface area contributed by atoms with Crippen molar-refractivity contribution in [2.24, 2.45) is 23.2 Å². The van der Waals surface area contributed by atoms with Crippen molar-refractivity contribution in [3.63, 3.8) is 0 Å². The first-order valence-electron chi connectivity index (χ1n) is 8.79. The van der Waals surface area contributed by atoms with Gasteiger partial charge in [-0.25, -0.2) is 0 Å². The molecular weight excluding hydrogens is 278 g/mol. The van der Waals surface area contributed by atoms with Gasteiger partial charge in [-0.05, 0) is 43.6 Å². The van der Waals surface area contributed by atoms with Gasteiger partial charge in [0.25, 0.3) is 0 Å². The number of aliphatic hydroxyl groups excluding tert-OH is 1. The van der Waals surface area contributed by atoms with Crippen LogP contribution in [0.5, 0.6) is 0 Å². The van der Waals surface area contributed by atoms with Crippen molar-refractivity contribution >= 4 is 5.97 Å². The summed E-state index contributed by atoms with van der Waals surface area (Å²) in [5, 5.41) is 12.1. The van der Waals surface area contributed by atoms with Crippen LogP contribution >= 0.6 is 0 Å². The Hall–Kier alpha value is -0.870. The molecule has 2 fully saturated rings. The van der Waals surface area contributed by atoms with Crippen molar-refractivity contribution in [3.8, 4) is 0 Å². The number of nitrogens with one attached hydrogen (secondary N) is 1. The van der Waals surface area contributed by atoms with Crippen LogP contribution in [0.15, 0.2) is 11.6 Å². The molecule has 1 saturated carbocycles. The summed E-state index contributed by atoms with van der Waals surface area (Å²) in [5.41, 5.74) is 1.80. The number of esters is 1. The van der Waals surface area contributed by atoms with Crippen molar-refractivity contribution in [3.05, 3.63) is 11.6 Å². The zero-order valence-electron chi connectivity index (χ0n) is 13.8. The second-order valence-electron chi connectivity index (χ2n) is 7.62. The first-order valence-corrected chi connectivity index (χ1v) is 8.79. The summed E-state index contributed by atoms with van der Waals surface area (Å²) in [6.07, 6.45) is 7.96. The Morgan fingerprint density at radius 3 is 3.09 bits per heavy atom. The van der Waals surface area contributed by atoms with E-state index in [4.69, 9.17) is 9.84 Å². The maximum Gasteiger partial charge on any atom is 0.311 e. The minimum atomic E-state index is -0.0603. The van der Waals surface area contributed by atoms with E-state index in [1.165, 1.54) is 19.3 Å². The van der Waals surface area contributed by atoms with Crippen molar-refractivity contribution in [1.82, 2.24) is 5.32 Å². The van der Waals surface area contributed by atoms with Gasteiger partial charge in [-0.3, -0.25) is 4.79 Å². The molecule has 0 unspecified atom stereocenters. The fraction of sp³-hybridized carbons (Fsp3) is 0.833. The molecular formula is C18H29NO3. The zero-order valence-corrected chi connectivity index (χ0v) is 13.8. The summed E-state index contributed by atoms with van der Waals surface area (Å²) in [6, 6.07) is 0. The molecule has 4 heteroatoms. The molecule has 0 amide bonds. The third-order valence-corrected chi connectivity index (χ3v) is 5.96. The van der Waals surface area contributed by atoms with Crippen LogP contribution < -0.4 is 5.32 Å². The molecule has 2 N–H and O–H groups in total. The summed E-state index contributed by atoms with van der Waals surface area (Å²) in [4.78, 5) is 12.3. The molecule has 1 heterocycles. The first kappa shape index (κ1) is 16.0. The molecule has 0 aromatic rings. The maximum atomic E-state index is 12.3. The number of hydrogen-bond donors (Lipinski definition) is 2. The molecule has 0 bridgehead atoms. The van der Waals surface area contributed by atoms with E-state index < -0.39 is 0 Å². The smallest absolute Gasteiger partial charge is 0.311 e. The van der Waals surface area contributed by atoms with Crippen LogP contribution in [0.3, 0.4) is 0 Å². The van der Waals surface area contributed by atoms with Gasteiger partial charge in [-0.2, -0.15) is 0 Å². The van der Waals surface area contributed by atoms with Crippen LogP contribution in [-0.2, 0) is 9.53 Å². The van der Waals surface area contributed by atoms with E-state index in [-0.39, 0.29) is 35.9 Å². The second-order valence-corrected chi connectivity index (χ2v) is 7.62. The van der Waals surface area contributed by atoms with E-state index in [2.05, 4.69) is 25.2 Å². The number of fused-ring (bicyclic) bond motifs is 2. The monoisotopic (exact) mass is 307 g/mol. The Morgan fingerprint density at radius 1 is 1.50 bits per heavy atom. The molecule has 124 valence electrons. The highest BCUT2D eigenvalue weighted by molar-refractivity contribution is 5.76. The zero-order chi connectivity index (χ0) is 15.7. The standard InChI is InChI=1S/C18H29NO3/c1-12-5-3-6-18(2)10-16-13(9-15(12)18)14(17(21)22-16)11-19-7-4-8-20/h9,12-14,16,19-20H,3-8,10-11H2,1-2H3/t12-,13+,14-,16+,18+/m0/s1. The lowest BCUT2D eigenvalue weighted by atomic mass is 9.59. The summed E-state index contributed by atoms with van der Waals surface area (Å²) < 4.78 is 5.71. The lowest BCUT2D eigenvalue weighted by Gasteiger charge is -2.46. The largest absolute Gasteiger partial charge is 0.461 e. The fourth-order valence-electron chi connectivity index (χ4n) is 4.74. The summed E-state index contributed by atoms with van der Waals surface area (Å²) in [5.74, 6) is 0.768. The molecule has 0 aromatic carbocycles. The van der Waals surface area contributed by atoms with E-state index in [0.717, 1.165) is 19.4 Å². The molecule has 22 heavy (non-hydrogen) atoms. The third kappa shape index (κ3) is 2.83. The number of hydrogen-bond acceptors (Lipinski definition) is 4. The van der Waals surface area contributed by atoms with E-state index in [1.807, 2.05) is 0 Å². The van der Waals surface area contributed by atoms with Gasteiger partial charge in [0.1, 0.15) is 6.10 Å². The van der Waals surface area contributed by atoms with Gasteiger partial charge in [0.15, 0.2) is 0 Å². The Labute approximate surface area is 133 Å². The topological polar surface area (TPSA) is 58.6 Å². The van der Waals surface area contributed by atoms with Crippen molar-refractivity contribution in [1.29, 1.82) is 0 Å². The predicted molar refractivity (Wildman–Crippen MR) is 85.3 cm³/mol. The van der Waals surface area contributed by atoms with Crippen LogP contribution in [0.1, 0.15) is 46.0 Å². The van der Waals surface area contributed by atoms with Crippen molar-refractivity contribution < 1.29 is 14.6 Å². The Balaban J connectivity index is 1.74. The highest BCUT2D eigenvalue weighted by Gasteiger charge is 2.51. The Kier molecular flexibility index (Phi) is 4.60. The van der Waals surface area contributed by atoms with Gasteiger partial charge >= 0.3 is 5.97 Å². The molecule has 1 saturated heterocycles. The van der Waals surface area contributed by atoms with Crippen LogP contribution in [0.2, 0.25) is 0 Å². The molecule has 0 aromatic heterocycles. The van der Waals surface area contributed by atoms with Gasteiger partial charge in [0.2, 0.25) is 0 Å². The molecule has 0 radical (unpaired) electrons. The quantitative estimate of drug-likeness (QED) is 0.465. The summed E-state index contributed by atoms with van der Waals surface area (Å²) >= 11 is 0. The lowest BCUT2D eigenvalue weighted by Crippen LogP contribution is -2.40. The molecule has 2 aliphatic carbocycles. The van der Waals surface area contributed by atoms with Crippen molar-refractivity contribution in [2.75, 3.05) is 19.7 Å². The van der Waals surface area contributed by atoms with Gasteiger partial charge in [-0.15, -0.1) is 0 Å². The van der Waals surface area contributed by atoms with Gasteiger partial charge in [-0.1, -0.05) is 31.9 Å². The molecule has 3 rings (SSSR count). The van der Waals surface area contributed by atoms with Crippen LogP contribution in [-0.4, -0.2) is 36.9 Å². The minimum absolute atomic E-state index is 0.0433. The first-order chi connectivity index (χ1) is 10.5. The molecule has 1 aliphatic heterocycles. The normalized spacial score (nSPS) is 40.7. The van der Waals surface area contributed by atoms with Crippen LogP contribution in [0, 0.1) is 23.2 Å². The average molecular weight is 307 g/mol. The van der Waals surface area contributed by atoms with E-state index >= 15 is 0 Å². The molecule has 4 nitrogen and oxygen atoms in total. The number of ether oxygens (including phenoxy) is 1. The van der Waals surface area contributed by atoms with Gasteiger partial charge in [0, 0.05) is 19.1 Å². The minimum Gasteiger partial charge on any atom is -0.461 e. The van der Waals surface area contributed by atoms with Gasteiger partial charge < -0.3 is 15.2 Å². The number of allylic oxidation sites excluding steroid dienone is 1. The van der Waals surface area contributed by atoms with Crippen LogP contribution in [0.25, 0.3) is 0 Å². The molecule has 3 aliphatic rings. The number of rotatable bonds is 5. The number of carbonyl (C=O) groups is 1. The highest BCUT2D eigenvalue weighted by atomic mass is 16.6. The SMILES string of the molecule is C[C@H]1CCC[C@]2(C)C[C@H]3OC(=O)[C@@H](CNCCCO)[C@H]3C=C12. The van der Waals surface area contributed by atoms with E-state index in [0.29, 0.717) is 12.5 Å². The fourth-order valence-corrected chi connectivity index (χ4v) is 4.74. The highest BCUT2D eigenvalue weighted by Crippen LogP contribution is 2.53. The molecule has 5 atom stereocenters. The lowest BCUT2D eigenvalue weighted by molar-refractivity contribution is -0.145. The average Bonchev–Trinajstić information content (AvgIpc) is 2.76. The molecule has 0 spiro atoms. The van der Waals surface area contributed by atoms with E-state index in [1.54, 1.807) is 5.57 Å². The van der Waals surface area contributed by atoms with E-state index in [9.17, 15) is 4.79 Å². The maximum absolute atomic E-state index is 12.3. The predicted octanol–water partition coefficient (Wildman–Crippen LogP) is 2.27.